The molecule has 1 saturated heterocycles. The number of alkyl halides is 3. The van der Waals surface area contributed by atoms with Crippen LogP contribution in [0.5, 0.6) is 0 Å². The van der Waals surface area contributed by atoms with Crippen molar-refractivity contribution in [1.29, 1.82) is 5.26 Å². The van der Waals surface area contributed by atoms with Crippen LogP contribution in [0.2, 0.25) is 0 Å². The second kappa shape index (κ2) is 7.07. The zero-order chi connectivity index (χ0) is 16.2. The minimum absolute atomic E-state index is 0.0972. The Bertz CT molecular complexity index is 545. The number of hydrogen-bond acceptors (Lipinski definition) is 3. The summed E-state index contributed by atoms with van der Waals surface area (Å²) in [6, 6.07) is 5.26. The summed E-state index contributed by atoms with van der Waals surface area (Å²) in [6.07, 6.45) is -5.23. The molecule has 1 aromatic carbocycles. The molecule has 7 heteroatoms. The monoisotopic (exact) mass is 315 g/mol. The topological polar surface area (TPSA) is 39.1 Å². The van der Waals surface area contributed by atoms with Gasteiger partial charge >= 0.3 is 6.18 Å². The lowest BCUT2D eigenvalue weighted by atomic mass is 9.97. The van der Waals surface area contributed by atoms with Gasteiger partial charge in [-0.3, -0.25) is 4.90 Å². The first-order chi connectivity index (χ1) is 10.4. The van der Waals surface area contributed by atoms with Crippen molar-refractivity contribution in [2.45, 2.75) is 25.1 Å². The predicted octanol–water partition coefficient (Wildman–Crippen LogP) is 2.99. The third-order valence-electron chi connectivity index (χ3n) is 3.79. The maximum absolute atomic E-state index is 13.4. The molecular formula is C15H17F4N3. The van der Waals surface area contributed by atoms with E-state index < -0.39 is 24.5 Å². The smallest absolute Gasteiger partial charge is 0.314 e. The molecule has 3 nitrogen and oxygen atoms in total. The van der Waals surface area contributed by atoms with Crippen molar-refractivity contribution in [1.82, 2.24) is 10.2 Å². The van der Waals surface area contributed by atoms with Gasteiger partial charge in [0.25, 0.3) is 0 Å². The van der Waals surface area contributed by atoms with Crippen LogP contribution in [0.25, 0.3) is 0 Å². The molecule has 0 radical (unpaired) electrons. The van der Waals surface area contributed by atoms with E-state index in [1.807, 2.05) is 4.90 Å². The van der Waals surface area contributed by atoms with Gasteiger partial charge in [0, 0.05) is 38.6 Å². The fourth-order valence-corrected chi connectivity index (χ4v) is 2.69. The van der Waals surface area contributed by atoms with E-state index in [2.05, 4.69) is 5.32 Å². The quantitative estimate of drug-likeness (QED) is 0.868. The highest BCUT2D eigenvalue weighted by atomic mass is 19.4. The summed E-state index contributed by atoms with van der Waals surface area (Å²) >= 11 is 0. The summed E-state index contributed by atoms with van der Waals surface area (Å²) in [4.78, 5) is 1.95. The Hall–Kier alpha value is -1.65. The number of nitriles is 1. The fourth-order valence-electron chi connectivity index (χ4n) is 2.69. The summed E-state index contributed by atoms with van der Waals surface area (Å²) in [6.45, 7) is 2.66. The van der Waals surface area contributed by atoms with E-state index in [9.17, 15) is 17.6 Å². The van der Waals surface area contributed by atoms with Gasteiger partial charge in [0.15, 0.2) is 0 Å². The molecule has 1 atom stereocenters. The third-order valence-corrected chi connectivity index (χ3v) is 3.79. The van der Waals surface area contributed by atoms with Crippen LogP contribution in [0.3, 0.4) is 0 Å². The molecule has 1 fully saturated rings. The minimum atomic E-state index is -4.23. The molecule has 2 rings (SSSR count). The molecule has 0 unspecified atom stereocenters. The highest BCUT2D eigenvalue weighted by Crippen LogP contribution is 2.32. The Morgan fingerprint density at radius 1 is 1.27 bits per heavy atom. The molecule has 0 saturated carbocycles. The second-order valence-electron chi connectivity index (χ2n) is 5.31. The van der Waals surface area contributed by atoms with Crippen molar-refractivity contribution in [3.05, 3.63) is 35.1 Å². The van der Waals surface area contributed by atoms with E-state index >= 15 is 0 Å². The average molecular weight is 315 g/mol. The Balaban J connectivity index is 2.24. The first kappa shape index (κ1) is 16.7. The van der Waals surface area contributed by atoms with Gasteiger partial charge in [0.2, 0.25) is 0 Å². The maximum Gasteiger partial charge on any atom is 0.389 e. The van der Waals surface area contributed by atoms with Gasteiger partial charge in [0.05, 0.1) is 5.56 Å². The lowest BCUT2D eigenvalue weighted by Crippen LogP contribution is -2.45. The Morgan fingerprint density at radius 2 is 1.95 bits per heavy atom. The van der Waals surface area contributed by atoms with Crippen molar-refractivity contribution in [3.8, 4) is 6.07 Å². The molecule has 22 heavy (non-hydrogen) atoms. The fraction of sp³-hybridized carbons (Fsp3) is 0.533. The lowest BCUT2D eigenvalue weighted by Gasteiger charge is -2.35. The van der Waals surface area contributed by atoms with Crippen LogP contribution in [0.4, 0.5) is 17.6 Å². The molecule has 0 amide bonds. The van der Waals surface area contributed by atoms with Crippen LogP contribution in [0.15, 0.2) is 18.2 Å². The third kappa shape index (κ3) is 4.42. The van der Waals surface area contributed by atoms with E-state index in [4.69, 9.17) is 5.26 Å². The van der Waals surface area contributed by atoms with Crippen molar-refractivity contribution in [2.24, 2.45) is 0 Å². The molecule has 0 aromatic heterocycles. The van der Waals surface area contributed by atoms with Crippen LogP contribution < -0.4 is 5.32 Å². The van der Waals surface area contributed by atoms with Gasteiger partial charge in [-0.05, 0) is 24.1 Å². The summed E-state index contributed by atoms with van der Waals surface area (Å²) in [7, 11) is 0. The number of hydrogen-bond donors (Lipinski definition) is 1. The molecule has 120 valence electrons. The van der Waals surface area contributed by atoms with Crippen LogP contribution in [-0.2, 0) is 0 Å². The zero-order valence-electron chi connectivity index (χ0n) is 12.0. The van der Waals surface area contributed by atoms with Crippen LogP contribution >= 0.6 is 0 Å². The lowest BCUT2D eigenvalue weighted by molar-refractivity contribution is -0.138. The van der Waals surface area contributed by atoms with Gasteiger partial charge in [-0.2, -0.15) is 18.4 Å². The average Bonchev–Trinajstić information content (AvgIpc) is 2.49. The molecule has 1 heterocycles. The molecule has 1 aliphatic rings. The van der Waals surface area contributed by atoms with Crippen LogP contribution in [0.1, 0.15) is 30.0 Å². The summed E-state index contributed by atoms with van der Waals surface area (Å²) in [5.74, 6) is -0.652. The summed E-state index contributed by atoms with van der Waals surface area (Å²) < 4.78 is 51.1. The summed E-state index contributed by atoms with van der Waals surface area (Å²) in [5.41, 5.74) is 0.425. The Kier molecular flexibility index (Phi) is 5.37. The van der Waals surface area contributed by atoms with Gasteiger partial charge in [-0.25, -0.2) is 4.39 Å². The van der Waals surface area contributed by atoms with Gasteiger partial charge in [0.1, 0.15) is 11.9 Å². The molecule has 0 bridgehead atoms. The van der Waals surface area contributed by atoms with Crippen molar-refractivity contribution < 1.29 is 17.6 Å². The maximum atomic E-state index is 13.4. The predicted molar refractivity (Wildman–Crippen MR) is 73.6 cm³/mol. The van der Waals surface area contributed by atoms with E-state index in [0.717, 1.165) is 6.07 Å². The Morgan fingerprint density at radius 3 is 2.55 bits per heavy atom. The van der Waals surface area contributed by atoms with Gasteiger partial charge < -0.3 is 5.32 Å². The zero-order valence-corrected chi connectivity index (χ0v) is 12.0. The molecule has 1 aliphatic heterocycles. The van der Waals surface area contributed by atoms with E-state index in [-0.39, 0.29) is 12.0 Å². The molecule has 1 N–H and O–H groups in total. The number of nitrogens with zero attached hydrogens (tertiary/aromatic N) is 2. The Labute approximate surface area is 126 Å². The largest absolute Gasteiger partial charge is 0.389 e. The van der Waals surface area contributed by atoms with E-state index in [1.165, 1.54) is 12.1 Å². The molecule has 1 aromatic rings. The molecule has 0 aliphatic carbocycles. The number of nitrogens with one attached hydrogen (secondary N) is 1. The minimum Gasteiger partial charge on any atom is -0.314 e. The number of piperazine rings is 1. The molecular weight excluding hydrogens is 298 g/mol. The first-order valence-electron chi connectivity index (χ1n) is 7.12. The highest BCUT2D eigenvalue weighted by molar-refractivity contribution is 5.35. The van der Waals surface area contributed by atoms with Crippen molar-refractivity contribution >= 4 is 0 Å². The van der Waals surface area contributed by atoms with Gasteiger partial charge in [-0.1, -0.05) is 6.07 Å². The van der Waals surface area contributed by atoms with Gasteiger partial charge in [-0.15, -0.1) is 0 Å². The first-order valence-corrected chi connectivity index (χ1v) is 7.12. The number of halogens is 4. The standard InChI is InChI=1S/C15H17F4N3/c16-13-2-1-11(9-12(13)10-20)14(3-4-15(17,18)19)22-7-5-21-6-8-22/h1-2,9,14,21H,3-8H2/t14-/m0/s1. The van der Waals surface area contributed by atoms with Crippen molar-refractivity contribution in [3.63, 3.8) is 0 Å². The SMILES string of the molecule is N#Cc1cc([C@H](CCC(F)(F)F)N2CCNCC2)ccc1F. The highest BCUT2D eigenvalue weighted by Gasteiger charge is 2.31. The molecule has 0 spiro atoms. The van der Waals surface area contributed by atoms with Crippen molar-refractivity contribution in [2.75, 3.05) is 26.2 Å². The number of rotatable bonds is 4. The van der Waals surface area contributed by atoms with Crippen LogP contribution in [-0.4, -0.2) is 37.3 Å². The normalized spacial score (nSPS) is 18.0. The van der Waals surface area contributed by atoms with E-state index in [0.29, 0.717) is 31.7 Å². The second-order valence-corrected chi connectivity index (χ2v) is 5.31. The van der Waals surface area contributed by atoms with Crippen LogP contribution in [0, 0.1) is 17.1 Å². The number of benzene rings is 1. The summed E-state index contributed by atoms with van der Waals surface area (Å²) in [5, 5.41) is 12.0. The van der Waals surface area contributed by atoms with E-state index in [1.54, 1.807) is 6.07 Å².